The highest BCUT2D eigenvalue weighted by Crippen LogP contribution is 2.23. The van der Waals surface area contributed by atoms with E-state index in [-0.39, 0.29) is 5.91 Å². The molecule has 0 spiro atoms. The molecule has 0 aromatic heterocycles. The summed E-state index contributed by atoms with van der Waals surface area (Å²) in [5.74, 6) is 0.614. The van der Waals surface area contributed by atoms with Crippen molar-refractivity contribution in [1.82, 2.24) is 10.2 Å². The number of carbonyl (C=O) groups excluding carboxylic acids is 1. The van der Waals surface area contributed by atoms with E-state index in [1.54, 1.807) is 13.0 Å². The second-order valence-corrected chi connectivity index (χ2v) is 5.98. The average molecular weight is 306 g/mol. The van der Waals surface area contributed by atoms with Crippen LogP contribution >= 0.6 is 11.6 Å². The first-order valence-electron chi connectivity index (χ1n) is 7.24. The van der Waals surface area contributed by atoms with Crippen LogP contribution in [-0.2, 0) is 11.3 Å². The van der Waals surface area contributed by atoms with Gasteiger partial charge in [0.25, 0.3) is 0 Å². The van der Waals surface area contributed by atoms with Gasteiger partial charge in [0.2, 0.25) is 5.91 Å². The number of rotatable bonds is 4. The van der Waals surface area contributed by atoms with Crippen LogP contribution in [0.3, 0.4) is 0 Å². The number of nitrogens with one attached hydrogen (secondary N) is 1. The molecule has 21 heavy (non-hydrogen) atoms. The van der Waals surface area contributed by atoms with Crippen molar-refractivity contribution in [3.63, 3.8) is 0 Å². The van der Waals surface area contributed by atoms with Crippen molar-refractivity contribution in [2.24, 2.45) is 5.92 Å². The number of hydrogen-bond acceptors (Lipinski definition) is 3. The molecule has 4 nitrogen and oxygen atoms in total. The minimum atomic E-state index is 0.0433. The molecule has 0 unspecified atom stereocenters. The van der Waals surface area contributed by atoms with Crippen LogP contribution in [0.25, 0.3) is 0 Å². The molecule has 1 heterocycles. The summed E-state index contributed by atoms with van der Waals surface area (Å²) in [5, 5.41) is 12.4. The van der Waals surface area contributed by atoms with Crippen LogP contribution in [0.15, 0.2) is 18.2 Å². The van der Waals surface area contributed by atoms with Crippen LogP contribution in [0.1, 0.15) is 30.9 Å². The maximum Gasteiger partial charge on any atom is 0.216 e. The third kappa shape index (κ3) is 4.73. The monoisotopic (exact) mass is 305 g/mol. The first-order chi connectivity index (χ1) is 10.1. The topological polar surface area (TPSA) is 56.1 Å². The molecule has 1 aromatic rings. The van der Waals surface area contributed by atoms with E-state index in [0.717, 1.165) is 44.6 Å². The summed E-state index contributed by atoms with van der Waals surface area (Å²) in [6.07, 6.45) is 2.18. The lowest BCUT2D eigenvalue weighted by Gasteiger charge is -2.32. The van der Waals surface area contributed by atoms with Crippen molar-refractivity contribution < 1.29 is 4.79 Å². The van der Waals surface area contributed by atoms with Crippen LogP contribution < -0.4 is 5.32 Å². The zero-order valence-corrected chi connectivity index (χ0v) is 13.0. The molecule has 0 bridgehead atoms. The van der Waals surface area contributed by atoms with E-state index in [1.165, 1.54) is 0 Å². The fourth-order valence-electron chi connectivity index (χ4n) is 2.62. The Labute approximate surface area is 130 Å². The number of carbonyl (C=O) groups is 1. The first-order valence-corrected chi connectivity index (χ1v) is 7.61. The minimum absolute atomic E-state index is 0.0433. The molecule has 1 amide bonds. The van der Waals surface area contributed by atoms with Gasteiger partial charge in [0.1, 0.15) is 0 Å². The summed E-state index contributed by atoms with van der Waals surface area (Å²) >= 11 is 6.22. The highest BCUT2D eigenvalue weighted by Gasteiger charge is 2.20. The van der Waals surface area contributed by atoms with Gasteiger partial charge in [0.05, 0.1) is 11.6 Å². The summed E-state index contributed by atoms with van der Waals surface area (Å²) in [5.41, 5.74) is 1.66. The molecule has 2 rings (SSSR count). The van der Waals surface area contributed by atoms with Gasteiger partial charge in [-0.2, -0.15) is 5.26 Å². The van der Waals surface area contributed by atoms with Crippen LogP contribution in [0, 0.1) is 17.2 Å². The lowest BCUT2D eigenvalue weighted by molar-refractivity contribution is -0.119. The Kier molecular flexibility index (Phi) is 5.60. The number of piperidine rings is 1. The van der Waals surface area contributed by atoms with Gasteiger partial charge >= 0.3 is 0 Å². The van der Waals surface area contributed by atoms with Gasteiger partial charge in [-0.3, -0.25) is 9.69 Å². The Morgan fingerprint density at radius 1 is 1.48 bits per heavy atom. The normalized spacial score (nSPS) is 16.4. The van der Waals surface area contributed by atoms with Crippen LogP contribution in [0.4, 0.5) is 0 Å². The summed E-state index contributed by atoms with van der Waals surface area (Å²) < 4.78 is 0. The third-order valence-corrected chi connectivity index (χ3v) is 4.27. The molecule has 1 fully saturated rings. The number of nitriles is 1. The first kappa shape index (κ1) is 15.8. The van der Waals surface area contributed by atoms with Crippen molar-refractivity contribution >= 4 is 17.5 Å². The number of hydrogen-bond donors (Lipinski definition) is 1. The van der Waals surface area contributed by atoms with Crippen molar-refractivity contribution in [2.75, 3.05) is 19.6 Å². The molecule has 1 aliphatic rings. The van der Waals surface area contributed by atoms with E-state index in [9.17, 15) is 4.79 Å². The molecular formula is C16H20ClN3O. The minimum Gasteiger partial charge on any atom is -0.356 e. The van der Waals surface area contributed by atoms with Gasteiger partial charge in [-0.15, -0.1) is 0 Å². The summed E-state index contributed by atoms with van der Waals surface area (Å²) in [7, 11) is 0. The quantitative estimate of drug-likeness (QED) is 0.930. The maximum absolute atomic E-state index is 10.9. The second-order valence-electron chi connectivity index (χ2n) is 5.57. The van der Waals surface area contributed by atoms with Gasteiger partial charge < -0.3 is 5.32 Å². The molecule has 1 aromatic carbocycles. The molecule has 0 saturated carbocycles. The highest BCUT2D eigenvalue weighted by molar-refractivity contribution is 6.31. The van der Waals surface area contributed by atoms with Gasteiger partial charge in [-0.1, -0.05) is 17.7 Å². The molecule has 1 N–H and O–H groups in total. The number of amides is 1. The average Bonchev–Trinajstić information content (AvgIpc) is 2.48. The predicted molar refractivity (Wildman–Crippen MR) is 82.9 cm³/mol. The van der Waals surface area contributed by atoms with E-state index < -0.39 is 0 Å². The Morgan fingerprint density at radius 3 is 2.76 bits per heavy atom. The fraction of sp³-hybridized carbons (Fsp3) is 0.500. The van der Waals surface area contributed by atoms with Crippen molar-refractivity contribution in [1.29, 1.82) is 5.26 Å². The SMILES string of the molecule is CC(=O)NCC1CCN(Cc2ccc(C#N)cc2Cl)CC1. The zero-order valence-electron chi connectivity index (χ0n) is 12.2. The van der Waals surface area contributed by atoms with E-state index >= 15 is 0 Å². The summed E-state index contributed by atoms with van der Waals surface area (Å²) in [6, 6.07) is 7.56. The molecule has 0 aliphatic carbocycles. The van der Waals surface area contributed by atoms with E-state index in [2.05, 4.69) is 16.3 Å². The zero-order chi connectivity index (χ0) is 15.2. The molecule has 5 heteroatoms. The molecule has 112 valence electrons. The van der Waals surface area contributed by atoms with Crippen molar-refractivity contribution in [3.05, 3.63) is 34.3 Å². The van der Waals surface area contributed by atoms with Gasteiger partial charge in [0.15, 0.2) is 0 Å². The smallest absolute Gasteiger partial charge is 0.216 e. The van der Waals surface area contributed by atoms with Gasteiger partial charge in [-0.05, 0) is 49.5 Å². The van der Waals surface area contributed by atoms with Crippen LogP contribution in [0.5, 0.6) is 0 Å². The fourth-order valence-corrected chi connectivity index (χ4v) is 2.86. The number of likely N-dealkylation sites (tertiary alicyclic amines) is 1. The van der Waals surface area contributed by atoms with Crippen molar-refractivity contribution in [2.45, 2.75) is 26.3 Å². The van der Waals surface area contributed by atoms with Crippen LogP contribution in [0.2, 0.25) is 5.02 Å². The predicted octanol–water partition coefficient (Wildman–Crippen LogP) is 2.56. The van der Waals surface area contributed by atoms with E-state index in [4.69, 9.17) is 16.9 Å². The molecular weight excluding hydrogens is 286 g/mol. The standard InChI is InChI=1S/C16H20ClN3O/c1-12(21)19-10-13-4-6-20(7-5-13)11-15-3-2-14(9-18)8-16(15)17/h2-3,8,13H,4-7,10-11H2,1H3,(H,19,21). The Hall–Kier alpha value is -1.57. The van der Waals surface area contributed by atoms with Crippen LogP contribution in [-0.4, -0.2) is 30.4 Å². The lowest BCUT2D eigenvalue weighted by Crippen LogP contribution is -2.37. The maximum atomic E-state index is 10.9. The lowest BCUT2D eigenvalue weighted by atomic mass is 9.96. The largest absolute Gasteiger partial charge is 0.356 e. The van der Waals surface area contributed by atoms with Crippen molar-refractivity contribution in [3.8, 4) is 6.07 Å². The summed E-state index contributed by atoms with van der Waals surface area (Å²) in [6.45, 7) is 5.18. The molecule has 1 aliphatic heterocycles. The van der Waals surface area contributed by atoms with E-state index in [0.29, 0.717) is 16.5 Å². The summed E-state index contributed by atoms with van der Waals surface area (Å²) in [4.78, 5) is 13.3. The third-order valence-electron chi connectivity index (χ3n) is 3.92. The highest BCUT2D eigenvalue weighted by atomic mass is 35.5. The number of benzene rings is 1. The molecule has 0 radical (unpaired) electrons. The Morgan fingerprint density at radius 2 is 2.19 bits per heavy atom. The second kappa shape index (κ2) is 7.44. The van der Waals surface area contributed by atoms with Gasteiger partial charge in [0, 0.05) is 25.0 Å². The number of nitrogens with zero attached hydrogens (tertiary/aromatic N) is 2. The number of halogens is 1. The Balaban J connectivity index is 1.83. The molecule has 1 saturated heterocycles. The van der Waals surface area contributed by atoms with E-state index in [1.807, 2.05) is 12.1 Å². The van der Waals surface area contributed by atoms with Gasteiger partial charge in [-0.25, -0.2) is 0 Å². The Bertz CT molecular complexity index is 545. The molecule has 0 atom stereocenters.